The fourth-order valence-electron chi connectivity index (χ4n) is 5.52. The third-order valence-corrected chi connectivity index (χ3v) is 7.49. The van der Waals surface area contributed by atoms with Crippen LogP contribution in [0.15, 0.2) is 48.9 Å². The molecule has 1 saturated carbocycles. The first-order valence-electron chi connectivity index (χ1n) is 13.8. The second-order valence-corrected chi connectivity index (χ2v) is 11.7. The van der Waals surface area contributed by atoms with Gasteiger partial charge in [-0.1, -0.05) is 30.3 Å². The number of hydrogen-bond donors (Lipinski definition) is 1. The van der Waals surface area contributed by atoms with Crippen molar-refractivity contribution in [1.82, 2.24) is 29.6 Å². The van der Waals surface area contributed by atoms with E-state index in [9.17, 15) is 9.59 Å². The Bertz CT molecular complexity index is 1650. The van der Waals surface area contributed by atoms with Crippen molar-refractivity contribution in [3.8, 4) is 28.3 Å². The molecule has 11 nitrogen and oxygen atoms in total. The van der Waals surface area contributed by atoms with Crippen LogP contribution < -0.4 is 10.1 Å². The lowest BCUT2D eigenvalue weighted by molar-refractivity contribution is -0.121. The minimum atomic E-state index is -0.670. The Hall–Kier alpha value is -4.54. The molecule has 11 heteroatoms. The summed E-state index contributed by atoms with van der Waals surface area (Å²) in [6.45, 7) is 8.54. The van der Waals surface area contributed by atoms with Crippen LogP contribution in [0.25, 0.3) is 33.5 Å². The van der Waals surface area contributed by atoms with E-state index in [0.29, 0.717) is 54.4 Å². The number of nitrogens with zero attached hydrogens (tertiary/aromatic N) is 6. The van der Waals surface area contributed by atoms with Crippen LogP contribution in [-0.4, -0.2) is 66.9 Å². The van der Waals surface area contributed by atoms with Gasteiger partial charge in [-0.25, -0.2) is 19.7 Å². The minimum absolute atomic E-state index is 0.0775. The quantitative estimate of drug-likeness (QED) is 0.364. The summed E-state index contributed by atoms with van der Waals surface area (Å²) in [5.41, 5.74) is 2.93. The van der Waals surface area contributed by atoms with Gasteiger partial charge in [0.05, 0.1) is 17.5 Å². The SMILES string of the molecule is CCOc1cc2ncnc(-c3cn(C)nc3-c3ccccc3)c2nc1NC(=O)C12CC1CN(C(=O)OC(C)(C)C)C2. The number of benzene rings is 1. The van der Waals surface area contributed by atoms with Gasteiger partial charge in [-0.2, -0.15) is 5.10 Å². The fourth-order valence-corrected chi connectivity index (χ4v) is 5.52. The first-order valence-corrected chi connectivity index (χ1v) is 13.8. The Morgan fingerprint density at radius 1 is 1.15 bits per heavy atom. The van der Waals surface area contributed by atoms with Crippen molar-refractivity contribution in [3.05, 3.63) is 48.9 Å². The molecule has 4 heterocycles. The molecule has 0 radical (unpaired) electrons. The van der Waals surface area contributed by atoms with Gasteiger partial charge in [0.2, 0.25) is 5.91 Å². The van der Waals surface area contributed by atoms with Gasteiger partial charge in [0.15, 0.2) is 11.6 Å². The Kier molecular flexibility index (Phi) is 6.39. The summed E-state index contributed by atoms with van der Waals surface area (Å²) in [7, 11) is 1.86. The lowest BCUT2D eigenvalue weighted by atomic mass is 10.0. The second kappa shape index (κ2) is 9.83. The minimum Gasteiger partial charge on any atom is -0.490 e. The lowest BCUT2D eigenvalue weighted by Crippen LogP contribution is -2.39. The molecule has 2 unspecified atom stereocenters. The number of anilines is 1. The van der Waals surface area contributed by atoms with Crippen LogP contribution in [0.3, 0.4) is 0 Å². The number of nitrogens with one attached hydrogen (secondary N) is 1. The molecule has 2 aliphatic rings. The number of carbonyl (C=O) groups excluding carboxylic acids is 2. The molecule has 0 bridgehead atoms. The Balaban J connectivity index is 1.34. The predicted octanol–water partition coefficient (Wildman–Crippen LogP) is 4.69. The number of rotatable bonds is 6. The summed E-state index contributed by atoms with van der Waals surface area (Å²) in [4.78, 5) is 41.9. The topological polar surface area (TPSA) is 124 Å². The summed E-state index contributed by atoms with van der Waals surface area (Å²) >= 11 is 0. The number of fused-ring (bicyclic) bond motifs is 2. The number of likely N-dealkylation sites (tertiary alicyclic amines) is 1. The van der Waals surface area contributed by atoms with Crippen molar-refractivity contribution < 1.29 is 19.1 Å². The lowest BCUT2D eigenvalue weighted by Gasteiger charge is -2.26. The van der Waals surface area contributed by atoms with E-state index in [0.717, 1.165) is 16.8 Å². The summed E-state index contributed by atoms with van der Waals surface area (Å²) in [5.74, 6) is 0.601. The average molecular weight is 556 g/mol. The highest BCUT2D eigenvalue weighted by Gasteiger charge is 2.66. The number of hydrogen-bond acceptors (Lipinski definition) is 8. The Morgan fingerprint density at radius 2 is 1.93 bits per heavy atom. The van der Waals surface area contributed by atoms with E-state index < -0.39 is 17.1 Å². The van der Waals surface area contributed by atoms with Gasteiger partial charge >= 0.3 is 6.09 Å². The zero-order chi connectivity index (χ0) is 28.9. The van der Waals surface area contributed by atoms with Crippen LogP contribution in [0.1, 0.15) is 34.1 Å². The van der Waals surface area contributed by atoms with Gasteiger partial charge in [-0.15, -0.1) is 0 Å². The molecule has 0 spiro atoms. The molecular weight excluding hydrogens is 522 g/mol. The van der Waals surface area contributed by atoms with E-state index in [4.69, 9.17) is 14.5 Å². The molecule has 1 aliphatic carbocycles. The van der Waals surface area contributed by atoms with Crippen molar-refractivity contribution in [2.75, 3.05) is 25.0 Å². The van der Waals surface area contributed by atoms with Crippen molar-refractivity contribution in [2.24, 2.45) is 18.4 Å². The average Bonchev–Trinajstić information content (AvgIpc) is 3.28. The number of aryl methyl sites for hydroxylation is 1. The van der Waals surface area contributed by atoms with Crippen molar-refractivity contribution in [2.45, 2.75) is 39.7 Å². The van der Waals surface area contributed by atoms with Crippen LogP contribution >= 0.6 is 0 Å². The molecular formula is C30H33N7O4. The van der Waals surface area contributed by atoms with Crippen molar-refractivity contribution in [1.29, 1.82) is 0 Å². The molecule has 4 aromatic rings. The zero-order valence-electron chi connectivity index (χ0n) is 23.8. The van der Waals surface area contributed by atoms with Crippen LogP contribution in [0.2, 0.25) is 0 Å². The number of carbonyl (C=O) groups is 2. The van der Waals surface area contributed by atoms with Gasteiger partial charge in [0.25, 0.3) is 0 Å². The number of piperidine rings is 1. The molecule has 1 aromatic carbocycles. The zero-order valence-corrected chi connectivity index (χ0v) is 23.8. The second-order valence-electron chi connectivity index (χ2n) is 11.7. The smallest absolute Gasteiger partial charge is 0.410 e. The van der Waals surface area contributed by atoms with E-state index in [1.165, 1.54) is 6.33 Å². The Morgan fingerprint density at radius 3 is 2.66 bits per heavy atom. The maximum absolute atomic E-state index is 13.7. The van der Waals surface area contributed by atoms with Gasteiger partial charge in [-0.05, 0) is 40.0 Å². The van der Waals surface area contributed by atoms with E-state index in [1.54, 1.807) is 15.6 Å². The van der Waals surface area contributed by atoms with Crippen LogP contribution in [0.4, 0.5) is 10.6 Å². The van der Waals surface area contributed by atoms with Crippen LogP contribution in [0, 0.1) is 11.3 Å². The van der Waals surface area contributed by atoms with Crippen molar-refractivity contribution >= 4 is 28.9 Å². The summed E-state index contributed by atoms with van der Waals surface area (Å²) in [6, 6.07) is 11.6. The number of amides is 2. The summed E-state index contributed by atoms with van der Waals surface area (Å²) in [6.07, 6.45) is 3.70. The predicted molar refractivity (Wildman–Crippen MR) is 153 cm³/mol. The van der Waals surface area contributed by atoms with Crippen LogP contribution in [0.5, 0.6) is 5.75 Å². The highest BCUT2D eigenvalue weighted by Crippen LogP contribution is 2.58. The maximum Gasteiger partial charge on any atom is 0.410 e. The largest absolute Gasteiger partial charge is 0.490 e. The Labute approximate surface area is 237 Å². The molecule has 1 saturated heterocycles. The van der Waals surface area contributed by atoms with Gasteiger partial charge < -0.3 is 19.7 Å². The van der Waals surface area contributed by atoms with E-state index >= 15 is 0 Å². The molecule has 3 aromatic heterocycles. The van der Waals surface area contributed by atoms with E-state index in [1.807, 2.05) is 71.3 Å². The molecule has 1 N–H and O–H groups in total. The first-order chi connectivity index (χ1) is 19.6. The normalized spacial score (nSPS) is 19.6. The monoisotopic (exact) mass is 555 g/mol. The molecule has 2 atom stereocenters. The number of aromatic nitrogens is 5. The van der Waals surface area contributed by atoms with Crippen molar-refractivity contribution in [3.63, 3.8) is 0 Å². The van der Waals surface area contributed by atoms with Gasteiger partial charge in [-0.3, -0.25) is 9.48 Å². The fraction of sp³-hybridized carbons (Fsp3) is 0.400. The third kappa shape index (κ3) is 4.96. The van der Waals surface area contributed by atoms with E-state index in [2.05, 4.69) is 20.4 Å². The highest BCUT2D eigenvalue weighted by molar-refractivity contribution is 6.01. The number of ether oxygens (including phenoxy) is 2. The first kappa shape index (κ1) is 26.7. The third-order valence-electron chi connectivity index (χ3n) is 7.49. The molecule has 212 valence electrons. The summed E-state index contributed by atoms with van der Waals surface area (Å²) < 4.78 is 13.1. The maximum atomic E-state index is 13.7. The van der Waals surface area contributed by atoms with Gasteiger partial charge in [0.1, 0.15) is 28.8 Å². The number of pyridine rings is 1. The van der Waals surface area contributed by atoms with Gasteiger partial charge in [0, 0.05) is 43.5 Å². The van der Waals surface area contributed by atoms with E-state index in [-0.39, 0.29) is 11.8 Å². The molecule has 41 heavy (non-hydrogen) atoms. The molecule has 1 aliphatic heterocycles. The standard InChI is InChI=1S/C30H33N7O4/c1-6-40-22-12-21-25(24(32-17-31-21)20-15-36(5)35-23(20)18-10-8-7-9-11-18)33-26(22)34-27(38)30-13-19(30)14-37(16-30)28(39)41-29(2,3)4/h7-12,15,17,19H,6,13-14,16H2,1-5H3,(H,33,34,38). The van der Waals surface area contributed by atoms with Crippen LogP contribution in [-0.2, 0) is 16.6 Å². The summed E-state index contributed by atoms with van der Waals surface area (Å²) in [5, 5.41) is 7.70. The molecule has 2 fully saturated rings. The molecule has 6 rings (SSSR count). The molecule has 2 amide bonds. The highest BCUT2D eigenvalue weighted by atomic mass is 16.6.